The smallest absolute Gasteiger partial charge is 0.255 e. The lowest BCUT2D eigenvalue weighted by atomic mass is 10.2. The van der Waals surface area contributed by atoms with Gasteiger partial charge in [-0.15, -0.1) is 0 Å². The van der Waals surface area contributed by atoms with Gasteiger partial charge in [0.1, 0.15) is 11.5 Å². The van der Waals surface area contributed by atoms with Crippen LogP contribution in [0.4, 0.5) is 0 Å². The van der Waals surface area contributed by atoms with E-state index in [0.29, 0.717) is 27.7 Å². The lowest BCUT2D eigenvalue weighted by Crippen LogP contribution is -2.40. The lowest BCUT2D eigenvalue weighted by Gasteiger charge is -2.08. The van der Waals surface area contributed by atoms with Gasteiger partial charge in [-0.2, -0.15) is 0 Å². The highest BCUT2D eigenvalue weighted by Crippen LogP contribution is 2.13. The van der Waals surface area contributed by atoms with Crippen molar-refractivity contribution in [2.24, 2.45) is 0 Å². The first kappa shape index (κ1) is 19.5. The molecule has 0 aliphatic carbocycles. The molecule has 0 fully saturated rings. The van der Waals surface area contributed by atoms with Crippen LogP contribution in [0, 0.1) is 13.8 Å². The first-order valence-electron chi connectivity index (χ1n) is 8.02. The van der Waals surface area contributed by atoms with E-state index in [1.807, 2.05) is 0 Å². The van der Waals surface area contributed by atoms with E-state index >= 15 is 0 Å². The van der Waals surface area contributed by atoms with Gasteiger partial charge in [-0.3, -0.25) is 14.4 Å². The number of furan rings is 1. The minimum Gasteiger partial charge on any atom is -0.466 e. The maximum Gasteiger partial charge on any atom is 0.255 e. The minimum absolute atomic E-state index is 0.159. The fourth-order valence-corrected chi connectivity index (χ4v) is 2.38. The van der Waals surface area contributed by atoms with Crippen LogP contribution < -0.4 is 16.0 Å². The van der Waals surface area contributed by atoms with Gasteiger partial charge in [0.05, 0.1) is 12.1 Å². The molecule has 1 aromatic heterocycles. The molecule has 0 saturated heterocycles. The molecule has 2 rings (SSSR count). The standard InChI is InChI=1S/C18H20ClN3O4/c1-11-9-15(12(2)26-11)18(25)22-10-16(23)20-7-8-21-17(24)13-3-5-14(19)6-4-13/h3-6,9H,7-8,10H2,1-2H3,(H,20,23)(H,21,24)(H,22,25). The predicted octanol–water partition coefficient (Wildman–Crippen LogP) is 1.83. The van der Waals surface area contributed by atoms with E-state index in [-0.39, 0.29) is 37.4 Å². The second kappa shape index (κ2) is 9.05. The van der Waals surface area contributed by atoms with Crippen molar-refractivity contribution in [3.8, 4) is 0 Å². The number of carbonyl (C=O) groups is 3. The molecule has 26 heavy (non-hydrogen) atoms. The molecule has 0 radical (unpaired) electrons. The highest BCUT2D eigenvalue weighted by atomic mass is 35.5. The highest BCUT2D eigenvalue weighted by Gasteiger charge is 2.14. The van der Waals surface area contributed by atoms with Gasteiger partial charge in [0, 0.05) is 23.7 Å². The summed E-state index contributed by atoms with van der Waals surface area (Å²) >= 11 is 5.76. The van der Waals surface area contributed by atoms with Crippen molar-refractivity contribution in [3.05, 3.63) is 58.0 Å². The Hall–Kier alpha value is -2.80. The van der Waals surface area contributed by atoms with Crippen molar-refractivity contribution in [2.45, 2.75) is 13.8 Å². The van der Waals surface area contributed by atoms with Gasteiger partial charge in [-0.25, -0.2) is 0 Å². The number of amides is 3. The van der Waals surface area contributed by atoms with Gasteiger partial charge in [-0.1, -0.05) is 11.6 Å². The van der Waals surface area contributed by atoms with E-state index in [1.165, 1.54) is 0 Å². The second-order valence-electron chi connectivity index (χ2n) is 5.62. The molecule has 1 aromatic carbocycles. The Balaban J connectivity index is 1.66. The van der Waals surface area contributed by atoms with Crippen LogP contribution in [0.15, 0.2) is 34.7 Å². The lowest BCUT2D eigenvalue weighted by molar-refractivity contribution is -0.120. The molecule has 3 N–H and O–H groups in total. The van der Waals surface area contributed by atoms with E-state index in [9.17, 15) is 14.4 Å². The van der Waals surface area contributed by atoms with Crippen molar-refractivity contribution < 1.29 is 18.8 Å². The van der Waals surface area contributed by atoms with E-state index < -0.39 is 0 Å². The van der Waals surface area contributed by atoms with Crippen molar-refractivity contribution >= 4 is 29.3 Å². The summed E-state index contributed by atoms with van der Waals surface area (Å²) in [5.41, 5.74) is 0.893. The second-order valence-corrected chi connectivity index (χ2v) is 6.06. The third-order valence-electron chi connectivity index (χ3n) is 3.53. The molecule has 3 amide bonds. The van der Waals surface area contributed by atoms with Crippen molar-refractivity contribution in [1.82, 2.24) is 16.0 Å². The summed E-state index contributed by atoms with van der Waals surface area (Å²) in [5.74, 6) is 0.163. The molecule has 0 aliphatic rings. The normalized spacial score (nSPS) is 10.3. The molecular weight excluding hydrogens is 358 g/mol. The van der Waals surface area contributed by atoms with Crippen molar-refractivity contribution in [1.29, 1.82) is 0 Å². The van der Waals surface area contributed by atoms with Crippen molar-refractivity contribution in [3.63, 3.8) is 0 Å². The van der Waals surface area contributed by atoms with Gasteiger partial charge in [0.25, 0.3) is 11.8 Å². The number of rotatable bonds is 7. The van der Waals surface area contributed by atoms with Crippen LogP contribution >= 0.6 is 11.6 Å². The molecule has 1 heterocycles. The SMILES string of the molecule is Cc1cc(C(=O)NCC(=O)NCCNC(=O)c2ccc(Cl)cc2)c(C)o1. The quantitative estimate of drug-likeness (QED) is 0.641. The van der Waals surface area contributed by atoms with Crippen LogP contribution in [0.5, 0.6) is 0 Å². The summed E-state index contributed by atoms with van der Waals surface area (Å²) in [7, 11) is 0. The average molecular weight is 378 g/mol. The summed E-state index contributed by atoms with van der Waals surface area (Å²) in [6, 6.07) is 8.11. The van der Waals surface area contributed by atoms with Gasteiger partial charge < -0.3 is 20.4 Å². The molecule has 8 heteroatoms. The number of carbonyl (C=O) groups excluding carboxylic acids is 3. The van der Waals surface area contributed by atoms with Gasteiger partial charge in [-0.05, 0) is 44.2 Å². The van der Waals surface area contributed by atoms with Gasteiger partial charge in [0.15, 0.2) is 0 Å². The Bertz CT molecular complexity index is 799. The Kier molecular flexibility index (Phi) is 6.80. The predicted molar refractivity (Wildman–Crippen MR) is 97.3 cm³/mol. The Morgan fingerprint density at radius 1 is 0.962 bits per heavy atom. The monoisotopic (exact) mass is 377 g/mol. The zero-order valence-electron chi connectivity index (χ0n) is 14.5. The first-order chi connectivity index (χ1) is 12.4. The zero-order valence-corrected chi connectivity index (χ0v) is 15.3. The van der Waals surface area contributed by atoms with Crippen LogP contribution in [0.1, 0.15) is 32.2 Å². The Morgan fingerprint density at radius 2 is 1.62 bits per heavy atom. The van der Waals surface area contributed by atoms with Crippen LogP contribution in [0.3, 0.4) is 0 Å². The number of benzene rings is 1. The van der Waals surface area contributed by atoms with Crippen LogP contribution in [-0.2, 0) is 4.79 Å². The molecule has 0 saturated carbocycles. The first-order valence-corrected chi connectivity index (χ1v) is 8.40. The Labute approximate surface area is 156 Å². The summed E-state index contributed by atoms with van der Waals surface area (Å²) < 4.78 is 5.28. The van der Waals surface area contributed by atoms with Crippen molar-refractivity contribution in [2.75, 3.05) is 19.6 Å². The van der Waals surface area contributed by atoms with E-state index in [2.05, 4.69) is 16.0 Å². The Morgan fingerprint density at radius 3 is 2.23 bits per heavy atom. The summed E-state index contributed by atoms with van der Waals surface area (Å²) in [6.07, 6.45) is 0. The molecule has 0 unspecified atom stereocenters. The zero-order chi connectivity index (χ0) is 19.1. The third kappa shape index (κ3) is 5.63. The number of hydrogen-bond donors (Lipinski definition) is 3. The van der Waals surface area contributed by atoms with Gasteiger partial charge >= 0.3 is 0 Å². The van der Waals surface area contributed by atoms with E-state index in [0.717, 1.165) is 0 Å². The number of halogens is 1. The fraction of sp³-hybridized carbons (Fsp3) is 0.278. The molecule has 138 valence electrons. The molecular formula is C18H20ClN3O4. The average Bonchev–Trinajstić information content (AvgIpc) is 2.95. The topological polar surface area (TPSA) is 100 Å². The highest BCUT2D eigenvalue weighted by molar-refractivity contribution is 6.30. The maximum atomic E-state index is 12.0. The molecule has 7 nitrogen and oxygen atoms in total. The summed E-state index contributed by atoms with van der Waals surface area (Å²) in [6.45, 7) is 3.78. The van der Waals surface area contributed by atoms with E-state index in [4.69, 9.17) is 16.0 Å². The van der Waals surface area contributed by atoms with Crippen LogP contribution in [0.25, 0.3) is 0 Å². The molecule has 0 aliphatic heterocycles. The largest absolute Gasteiger partial charge is 0.466 e. The number of aryl methyl sites for hydroxylation is 2. The molecule has 0 bridgehead atoms. The fourth-order valence-electron chi connectivity index (χ4n) is 2.26. The molecule has 0 spiro atoms. The third-order valence-corrected chi connectivity index (χ3v) is 3.79. The van der Waals surface area contributed by atoms with Crippen LogP contribution in [-0.4, -0.2) is 37.4 Å². The number of nitrogens with one attached hydrogen (secondary N) is 3. The van der Waals surface area contributed by atoms with Gasteiger partial charge in [0.2, 0.25) is 5.91 Å². The minimum atomic E-state index is -0.370. The molecule has 2 aromatic rings. The molecule has 0 atom stereocenters. The number of hydrogen-bond acceptors (Lipinski definition) is 4. The summed E-state index contributed by atoms with van der Waals surface area (Å²) in [5, 5.41) is 8.37. The van der Waals surface area contributed by atoms with E-state index in [1.54, 1.807) is 44.2 Å². The summed E-state index contributed by atoms with van der Waals surface area (Å²) in [4.78, 5) is 35.6. The maximum absolute atomic E-state index is 12.0. The van der Waals surface area contributed by atoms with Crippen LogP contribution in [0.2, 0.25) is 5.02 Å².